The van der Waals surface area contributed by atoms with Gasteiger partial charge in [0.1, 0.15) is 11.3 Å². The van der Waals surface area contributed by atoms with Crippen molar-refractivity contribution in [3.05, 3.63) is 68.6 Å². The monoisotopic (exact) mass is 456 g/mol. The molecule has 1 aliphatic carbocycles. The summed E-state index contributed by atoms with van der Waals surface area (Å²) in [5.41, 5.74) is 0.0832. The van der Waals surface area contributed by atoms with Crippen LogP contribution >= 0.6 is 11.6 Å². The molecule has 168 valence electrons. The molecule has 9 heteroatoms. The molecule has 32 heavy (non-hydrogen) atoms. The molecule has 2 heterocycles. The molecular formula is C23H25ClN4O4. The first-order chi connectivity index (χ1) is 15.2. The average Bonchev–Trinajstić information content (AvgIpc) is 3.55. The van der Waals surface area contributed by atoms with Crippen molar-refractivity contribution < 1.29 is 14.4 Å². The maximum Gasteiger partial charge on any atom is 0.270 e. The summed E-state index contributed by atoms with van der Waals surface area (Å²) >= 11 is 5.87. The third kappa shape index (κ3) is 4.14. The van der Waals surface area contributed by atoms with Crippen LogP contribution in [0.3, 0.4) is 0 Å². The summed E-state index contributed by atoms with van der Waals surface area (Å²) in [5, 5.41) is 3.33. The molecule has 0 saturated heterocycles. The van der Waals surface area contributed by atoms with Gasteiger partial charge in [0.2, 0.25) is 5.91 Å². The van der Waals surface area contributed by atoms with Crippen molar-refractivity contribution in [1.82, 2.24) is 19.7 Å². The van der Waals surface area contributed by atoms with Crippen LogP contribution in [-0.2, 0) is 17.9 Å². The minimum Gasteiger partial charge on any atom is -0.348 e. The number of fused-ring (bicyclic) bond motifs is 1. The van der Waals surface area contributed by atoms with Gasteiger partial charge >= 0.3 is 0 Å². The van der Waals surface area contributed by atoms with Crippen LogP contribution in [-0.4, -0.2) is 59.3 Å². The van der Waals surface area contributed by atoms with E-state index in [0.29, 0.717) is 18.1 Å². The van der Waals surface area contributed by atoms with Crippen molar-refractivity contribution in [3.63, 3.8) is 0 Å². The van der Waals surface area contributed by atoms with Crippen molar-refractivity contribution >= 4 is 29.3 Å². The SMILES string of the molecule is CN(C)C(=O)C1(CN2CCn3c(ccc(C(=O)NCc4ccc(Cl)cc4)c3=O)C2=O)CC1. The Morgan fingerprint density at radius 2 is 1.75 bits per heavy atom. The van der Waals surface area contributed by atoms with E-state index in [2.05, 4.69) is 5.32 Å². The zero-order valence-electron chi connectivity index (χ0n) is 18.1. The number of rotatable bonds is 6. The van der Waals surface area contributed by atoms with Gasteiger partial charge in [-0.3, -0.25) is 19.2 Å². The van der Waals surface area contributed by atoms with Crippen LogP contribution in [0.1, 0.15) is 39.3 Å². The molecule has 1 saturated carbocycles. The number of carbonyl (C=O) groups excluding carboxylic acids is 3. The molecule has 4 rings (SSSR count). The lowest BCUT2D eigenvalue weighted by atomic mass is 10.0. The second kappa shape index (κ2) is 8.43. The summed E-state index contributed by atoms with van der Waals surface area (Å²) in [6.07, 6.45) is 1.51. The predicted molar refractivity (Wildman–Crippen MR) is 120 cm³/mol. The van der Waals surface area contributed by atoms with Crippen LogP contribution in [0, 0.1) is 5.41 Å². The zero-order chi connectivity index (χ0) is 23.0. The van der Waals surface area contributed by atoms with Crippen LogP contribution < -0.4 is 10.9 Å². The Bertz CT molecular complexity index is 1140. The Labute approximate surface area is 190 Å². The number of carbonyl (C=O) groups is 3. The number of amides is 3. The molecule has 0 spiro atoms. The molecule has 1 aliphatic heterocycles. The van der Waals surface area contributed by atoms with Gasteiger partial charge in [-0.1, -0.05) is 23.7 Å². The first-order valence-corrected chi connectivity index (χ1v) is 10.9. The average molecular weight is 457 g/mol. The number of nitrogens with zero attached hydrogens (tertiary/aromatic N) is 3. The number of pyridine rings is 1. The highest BCUT2D eigenvalue weighted by atomic mass is 35.5. The quantitative estimate of drug-likeness (QED) is 0.717. The summed E-state index contributed by atoms with van der Waals surface area (Å²) in [4.78, 5) is 54.2. The van der Waals surface area contributed by atoms with Gasteiger partial charge in [0, 0.05) is 45.3 Å². The summed E-state index contributed by atoms with van der Waals surface area (Å²) in [7, 11) is 3.43. The second-order valence-electron chi connectivity index (χ2n) is 8.60. The number of aromatic nitrogens is 1. The third-order valence-electron chi connectivity index (χ3n) is 6.09. The highest BCUT2D eigenvalue weighted by Crippen LogP contribution is 2.47. The van der Waals surface area contributed by atoms with Gasteiger partial charge in [-0.05, 0) is 42.7 Å². The van der Waals surface area contributed by atoms with Gasteiger partial charge in [-0.2, -0.15) is 0 Å². The van der Waals surface area contributed by atoms with Crippen molar-refractivity contribution in [3.8, 4) is 0 Å². The summed E-state index contributed by atoms with van der Waals surface area (Å²) in [6.45, 7) is 1.21. The van der Waals surface area contributed by atoms with Gasteiger partial charge in [-0.25, -0.2) is 0 Å². The number of nitrogens with one attached hydrogen (secondary N) is 1. The van der Waals surface area contributed by atoms with E-state index < -0.39 is 16.9 Å². The number of halogens is 1. The lowest BCUT2D eigenvalue weighted by Crippen LogP contribution is -2.49. The fraction of sp³-hybridized carbons (Fsp3) is 0.391. The van der Waals surface area contributed by atoms with E-state index in [1.54, 1.807) is 48.2 Å². The molecule has 0 radical (unpaired) electrons. The number of hydrogen-bond acceptors (Lipinski definition) is 4. The highest BCUT2D eigenvalue weighted by molar-refractivity contribution is 6.30. The van der Waals surface area contributed by atoms with Crippen LogP contribution in [0.5, 0.6) is 0 Å². The minimum absolute atomic E-state index is 0.00888. The molecule has 8 nitrogen and oxygen atoms in total. The van der Waals surface area contributed by atoms with Gasteiger partial charge in [-0.15, -0.1) is 0 Å². The Morgan fingerprint density at radius 1 is 1.06 bits per heavy atom. The fourth-order valence-electron chi connectivity index (χ4n) is 4.10. The van der Waals surface area contributed by atoms with E-state index in [1.165, 1.54) is 16.7 Å². The van der Waals surface area contributed by atoms with E-state index in [4.69, 9.17) is 11.6 Å². The number of hydrogen-bond donors (Lipinski definition) is 1. The van der Waals surface area contributed by atoms with E-state index in [-0.39, 0.29) is 36.2 Å². The normalized spacial score (nSPS) is 16.3. The zero-order valence-corrected chi connectivity index (χ0v) is 18.8. The molecule has 2 aliphatic rings. The molecule has 3 amide bonds. The summed E-state index contributed by atoms with van der Waals surface area (Å²) in [5.74, 6) is -0.760. The smallest absolute Gasteiger partial charge is 0.270 e. The Balaban J connectivity index is 1.48. The molecule has 1 fully saturated rings. The van der Waals surface area contributed by atoms with E-state index >= 15 is 0 Å². The van der Waals surface area contributed by atoms with E-state index in [9.17, 15) is 19.2 Å². The largest absolute Gasteiger partial charge is 0.348 e. The predicted octanol–water partition coefficient (Wildman–Crippen LogP) is 1.76. The summed E-state index contributed by atoms with van der Waals surface area (Å²) < 4.78 is 1.35. The van der Waals surface area contributed by atoms with Gasteiger partial charge in [0.15, 0.2) is 0 Å². The van der Waals surface area contributed by atoms with E-state index in [0.717, 1.165) is 18.4 Å². The second-order valence-corrected chi connectivity index (χ2v) is 9.04. The minimum atomic E-state index is -0.511. The lowest BCUT2D eigenvalue weighted by molar-refractivity contribution is -0.134. The summed E-state index contributed by atoms with van der Waals surface area (Å²) in [6, 6.07) is 9.95. The highest BCUT2D eigenvalue weighted by Gasteiger charge is 2.52. The van der Waals surface area contributed by atoms with Crippen molar-refractivity contribution in [2.24, 2.45) is 5.41 Å². The third-order valence-corrected chi connectivity index (χ3v) is 6.34. The first-order valence-electron chi connectivity index (χ1n) is 10.5. The van der Waals surface area contributed by atoms with Crippen LogP contribution in [0.4, 0.5) is 0 Å². The van der Waals surface area contributed by atoms with Crippen molar-refractivity contribution in [1.29, 1.82) is 0 Å². The van der Waals surface area contributed by atoms with Crippen LogP contribution in [0.25, 0.3) is 0 Å². The molecular weight excluding hydrogens is 432 g/mol. The Morgan fingerprint density at radius 3 is 2.38 bits per heavy atom. The molecule has 0 unspecified atom stereocenters. The number of benzene rings is 1. The first kappa shape index (κ1) is 22.1. The lowest BCUT2D eigenvalue weighted by Gasteiger charge is -2.33. The Hall–Kier alpha value is -3.13. The topological polar surface area (TPSA) is 91.7 Å². The van der Waals surface area contributed by atoms with Gasteiger partial charge in [0.25, 0.3) is 17.4 Å². The molecule has 0 bridgehead atoms. The van der Waals surface area contributed by atoms with Crippen LogP contribution in [0.15, 0.2) is 41.2 Å². The van der Waals surface area contributed by atoms with E-state index in [1.807, 2.05) is 0 Å². The standard InChI is InChI=1S/C23H25ClN4O4/c1-26(2)22(32)23(9-10-23)14-27-11-12-28-18(21(27)31)8-7-17(20(28)30)19(29)25-13-15-3-5-16(24)6-4-15/h3-8H,9-14H2,1-2H3,(H,25,29). The maximum atomic E-state index is 13.0. The van der Waals surface area contributed by atoms with Crippen LogP contribution in [0.2, 0.25) is 5.02 Å². The Kier molecular flexibility index (Phi) is 5.81. The fourth-order valence-corrected chi connectivity index (χ4v) is 4.23. The molecule has 1 N–H and O–H groups in total. The van der Waals surface area contributed by atoms with Gasteiger partial charge in [0.05, 0.1) is 5.41 Å². The molecule has 2 aromatic rings. The van der Waals surface area contributed by atoms with Crippen molar-refractivity contribution in [2.45, 2.75) is 25.9 Å². The molecule has 0 atom stereocenters. The maximum absolute atomic E-state index is 13.0. The van der Waals surface area contributed by atoms with Gasteiger partial charge < -0.3 is 19.7 Å². The van der Waals surface area contributed by atoms with Crippen molar-refractivity contribution in [2.75, 3.05) is 27.2 Å². The molecule has 1 aromatic carbocycles. The molecule has 1 aromatic heterocycles.